The van der Waals surface area contributed by atoms with Gasteiger partial charge >= 0.3 is 0 Å². The third kappa shape index (κ3) is 2.98. The number of carbonyl (C=O) groups excluding carboxylic acids is 1. The molecule has 0 spiro atoms. The van der Waals surface area contributed by atoms with E-state index in [4.69, 9.17) is 10.2 Å². The molecule has 5 nitrogen and oxygen atoms in total. The fourth-order valence-corrected chi connectivity index (χ4v) is 2.53. The Hall–Kier alpha value is -1.33. The Balaban J connectivity index is 1.98. The van der Waals surface area contributed by atoms with Gasteiger partial charge in [0.15, 0.2) is 0 Å². The van der Waals surface area contributed by atoms with Gasteiger partial charge in [-0.25, -0.2) is 0 Å². The highest BCUT2D eigenvalue weighted by Crippen LogP contribution is 2.17. The maximum atomic E-state index is 12.4. The summed E-state index contributed by atoms with van der Waals surface area (Å²) >= 11 is 0. The van der Waals surface area contributed by atoms with Crippen LogP contribution in [0.15, 0.2) is 10.5 Å². The normalized spacial score (nSPS) is 18.6. The van der Waals surface area contributed by atoms with Crippen LogP contribution in [0.4, 0.5) is 0 Å². The molecule has 1 saturated heterocycles. The fourth-order valence-electron chi connectivity index (χ4n) is 2.53. The first kappa shape index (κ1) is 14.1. The predicted molar refractivity (Wildman–Crippen MR) is 74.2 cm³/mol. The number of hydrogen-bond donors (Lipinski definition) is 1. The van der Waals surface area contributed by atoms with Crippen molar-refractivity contribution in [2.75, 3.05) is 32.7 Å². The topological polar surface area (TPSA) is 62.7 Å². The minimum Gasteiger partial charge on any atom is -0.466 e. The van der Waals surface area contributed by atoms with Crippen LogP contribution in [-0.4, -0.2) is 54.5 Å². The zero-order chi connectivity index (χ0) is 14.0. The molecular formula is C14H23N3O2. The molecule has 106 valence electrons. The SMILES string of the molecule is Cc1cc(C(=O)N2CCN(C(C)CN)CC2)c(C)o1. The summed E-state index contributed by atoms with van der Waals surface area (Å²) in [5.41, 5.74) is 6.37. The summed E-state index contributed by atoms with van der Waals surface area (Å²) in [7, 11) is 0. The zero-order valence-corrected chi connectivity index (χ0v) is 12.0. The lowest BCUT2D eigenvalue weighted by Gasteiger charge is -2.37. The van der Waals surface area contributed by atoms with Crippen molar-refractivity contribution in [1.82, 2.24) is 9.80 Å². The van der Waals surface area contributed by atoms with E-state index >= 15 is 0 Å². The highest BCUT2D eigenvalue weighted by atomic mass is 16.3. The van der Waals surface area contributed by atoms with E-state index in [1.54, 1.807) is 0 Å². The second kappa shape index (κ2) is 5.75. The van der Waals surface area contributed by atoms with Gasteiger partial charge < -0.3 is 15.1 Å². The Morgan fingerprint density at radius 1 is 1.37 bits per heavy atom. The third-order valence-electron chi connectivity index (χ3n) is 3.84. The summed E-state index contributed by atoms with van der Waals surface area (Å²) in [5.74, 6) is 1.57. The number of furan rings is 1. The predicted octanol–water partition coefficient (Wildman–Crippen LogP) is 1.00. The van der Waals surface area contributed by atoms with Crippen LogP contribution in [-0.2, 0) is 0 Å². The van der Waals surface area contributed by atoms with E-state index in [1.807, 2.05) is 24.8 Å². The first-order valence-electron chi connectivity index (χ1n) is 6.83. The number of hydrogen-bond acceptors (Lipinski definition) is 4. The van der Waals surface area contributed by atoms with Crippen molar-refractivity contribution in [3.63, 3.8) is 0 Å². The second-order valence-corrected chi connectivity index (χ2v) is 5.24. The molecule has 1 aromatic rings. The molecule has 5 heteroatoms. The molecule has 0 aromatic carbocycles. The van der Waals surface area contributed by atoms with E-state index < -0.39 is 0 Å². The Morgan fingerprint density at radius 3 is 2.47 bits per heavy atom. The Kier molecular flexibility index (Phi) is 4.27. The zero-order valence-electron chi connectivity index (χ0n) is 12.0. The standard InChI is InChI=1S/C14H23N3O2/c1-10(9-15)16-4-6-17(7-5-16)14(18)13-8-11(2)19-12(13)3/h8,10H,4-7,9,15H2,1-3H3. The monoisotopic (exact) mass is 265 g/mol. The van der Waals surface area contributed by atoms with Gasteiger partial charge in [-0.1, -0.05) is 0 Å². The van der Waals surface area contributed by atoms with E-state index in [1.165, 1.54) is 0 Å². The van der Waals surface area contributed by atoms with Crippen LogP contribution in [0.3, 0.4) is 0 Å². The maximum Gasteiger partial charge on any atom is 0.257 e. The Morgan fingerprint density at radius 2 is 2.00 bits per heavy atom. The van der Waals surface area contributed by atoms with Crippen molar-refractivity contribution in [2.24, 2.45) is 5.73 Å². The molecule has 2 heterocycles. The van der Waals surface area contributed by atoms with Crippen LogP contribution in [0, 0.1) is 13.8 Å². The number of piperazine rings is 1. The number of aryl methyl sites for hydroxylation is 2. The summed E-state index contributed by atoms with van der Waals surface area (Å²) in [6.45, 7) is 9.78. The first-order chi connectivity index (χ1) is 9.02. The molecule has 19 heavy (non-hydrogen) atoms. The molecule has 1 fully saturated rings. The number of amides is 1. The van der Waals surface area contributed by atoms with Gasteiger partial charge in [0, 0.05) is 38.8 Å². The van der Waals surface area contributed by atoms with Crippen LogP contribution in [0.25, 0.3) is 0 Å². The van der Waals surface area contributed by atoms with Gasteiger partial charge in [-0.05, 0) is 26.8 Å². The fraction of sp³-hybridized carbons (Fsp3) is 0.643. The summed E-state index contributed by atoms with van der Waals surface area (Å²) in [6, 6.07) is 2.21. The van der Waals surface area contributed by atoms with Crippen LogP contribution in [0.2, 0.25) is 0 Å². The van der Waals surface area contributed by atoms with Gasteiger partial charge in [0.1, 0.15) is 11.5 Å². The van der Waals surface area contributed by atoms with E-state index in [2.05, 4.69) is 11.8 Å². The van der Waals surface area contributed by atoms with Crippen molar-refractivity contribution in [3.05, 3.63) is 23.2 Å². The van der Waals surface area contributed by atoms with Gasteiger partial charge in [0.25, 0.3) is 5.91 Å². The summed E-state index contributed by atoms with van der Waals surface area (Å²) in [6.07, 6.45) is 0. The van der Waals surface area contributed by atoms with Crippen molar-refractivity contribution < 1.29 is 9.21 Å². The number of nitrogens with two attached hydrogens (primary N) is 1. The third-order valence-corrected chi connectivity index (χ3v) is 3.84. The molecule has 2 N–H and O–H groups in total. The molecule has 2 rings (SSSR count). The molecule has 0 bridgehead atoms. The average molecular weight is 265 g/mol. The van der Waals surface area contributed by atoms with E-state index in [-0.39, 0.29) is 5.91 Å². The molecule has 0 saturated carbocycles. The van der Waals surface area contributed by atoms with Crippen LogP contribution in [0.1, 0.15) is 28.8 Å². The Bertz CT molecular complexity index is 448. The van der Waals surface area contributed by atoms with Gasteiger partial charge in [-0.2, -0.15) is 0 Å². The minimum atomic E-state index is 0.0781. The van der Waals surface area contributed by atoms with E-state index in [0.29, 0.717) is 23.9 Å². The van der Waals surface area contributed by atoms with E-state index in [9.17, 15) is 4.79 Å². The van der Waals surface area contributed by atoms with Gasteiger partial charge in [-0.15, -0.1) is 0 Å². The average Bonchev–Trinajstić information content (AvgIpc) is 2.76. The highest BCUT2D eigenvalue weighted by Gasteiger charge is 2.26. The lowest BCUT2D eigenvalue weighted by atomic mass is 10.2. The quantitative estimate of drug-likeness (QED) is 0.885. The number of rotatable bonds is 3. The highest BCUT2D eigenvalue weighted by molar-refractivity contribution is 5.95. The molecule has 1 aliphatic heterocycles. The lowest BCUT2D eigenvalue weighted by Crippen LogP contribution is -2.52. The molecule has 1 amide bonds. The number of carbonyl (C=O) groups is 1. The molecule has 0 radical (unpaired) electrons. The number of nitrogens with zero attached hydrogens (tertiary/aromatic N) is 2. The molecule has 1 unspecified atom stereocenters. The summed E-state index contributed by atoms with van der Waals surface area (Å²) in [4.78, 5) is 16.6. The van der Waals surface area contributed by atoms with Crippen LogP contribution >= 0.6 is 0 Å². The van der Waals surface area contributed by atoms with E-state index in [0.717, 1.165) is 31.9 Å². The van der Waals surface area contributed by atoms with Crippen molar-refractivity contribution in [1.29, 1.82) is 0 Å². The van der Waals surface area contributed by atoms with Crippen molar-refractivity contribution in [3.8, 4) is 0 Å². The molecule has 0 aliphatic carbocycles. The molecule has 1 aliphatic rings. The van der Waals surface area contributed by atoms with Crippen molar-refractivity contribution in [2.45, 2.75) is 26.8 Å². The van der Waals surface area contributed by atoms with Gasteiger partial charge in [0.05, 0.1) is 5.56 Å². The first-order valence-corrected chi connectivity index (χ1v) is 6.83. The smallest absolute Gasteiger partial charge is 0.257 e. The molecule has 1 aromatic heterocycles. The van der Waals surface area contributed by atoms with Gasteiger partial charge in [-0.3, -0.25) is 9.69 Å². The summed E-state index contributed by atoms with van der Waals surface area (Å²) in [5, 5.41) is 0. The lowest BCUT2D eigenvalue weighted by molar-refractivity contribution is 0.0587. The minimum absolute atomic E-state index is 0.0781. The molecule has 1 atom stereocenters. The summed E-state index contributed by atoms with van der Waals surface area (Å²) < 4.78 is 5.43. The van der Waals surface area contributed by atoms with Gasteiger partial charge in [0.2, 0.25) is 0 Å². The van der Waals surface area contributed by atoms with Crippen LogP contribution < -0.4 is 5.73 Å². The van der Waals surface area contributed by atoms with Crippen LogP contribution in [0.5, 0.6) is 0 Å². The largest absolute Gasteiger partial charge is 0.466 e. The second-order valence-electron chi connectivity index (χ2n) is 5.24. The van der Waals surface area contributed by atoms with Crippen molar-refractivity contribution >= 4 is 5.91 Å². The maximum absolute atomic E-state index is 12.4. The Labute approximate surface area is 114 Å². The molecular weight excluding hydrogens is 242 g/mol.